The largest absolute Gasteiger partial charge is 0.478 e. The Balaban J connectivity index is -0.0000000535. The zero-order valence-corrected chi connectivity index (χ0v) is 40.1. The van der Waals surface area contributed by atoms with Gasteiger partial charge in [-0.15, -0.1) is 12.4 Å². The summed E-state index contributed by atoms with van der Waals surface area (Å²) in [4.78, 5) is 0. The van der Waals surface area contributed by atoms with Gasteiger partial charge in [0.1, 0.15) is 0 Å². The summed E-state index contributed by atoms with van der Waals surface area (Å²) < 4.78 is 3.76. The van der Waals surface area contributed by atoms with Crippen LogP contribution >= 0.6 is 0 Å². The van der Waals surface area contributed by atoms with E-state index in [1.54, 1.807) is 0 Å². The summed E-state index contributed by atoms with van der Waals surface area (Å²) in [6.07, 6.45) is 3.76. The summed E-state index contributed by atoms with van der Waals surface area (Å²) in [6, 6.07) is 9.71. The maximum Gasteiger partial charge on any atom is 0 e. The molecule has 0 saturated heterocycles. The van der Waals surface area contributed by atoms with Crippen molar-refractivity contribution in [2.24, 2.45) is 14.1 Å². The summed E-state index contributed by atoms with van der Waals surface area (Å²) in [7, 11) is 3.81. The summed E-state index contributed by atoms with van der Waals surface area (Å²) >= 11 is 0. The zero-order valence-electron chi connectivity index (χ0n) is 14.6. The number of aryl methyl sites for hydroxylation is 2. The molecule has 109 valence electrons. The predicted molar refractivity (Wildman–Crippen MR) is 63.9 cm³/mol. The van der Waals surface area contributed by atoms with Crippen LogP contribution in [0.2, 0.25) is 0 Å². The van der Waals surface area contributed by atoms with Crippen molar-refractivity contribution in [2.45, 2.75) is 0 Å². The fourth-order valence-electron chi connectivity index (χ4n) is 1.60. The van der Waals surface area contributed by atoms with Gasteiger partial charge in [0.15, 0.2) is 0 Å². The summed E-state index contributed by atoms with van der Waals surface area (Å²) in [5.41, 5.74) is 2.61. The fourth-order valence-corrected chi connectivity index (χ4v) is 1.60. The average molecular weight is 1010 g/mol. The number of hydrogen-bond donors (Lipinski definition) is 0. The van der Waals surface area contributed by atoms with E-state index in [-0.39, 0.29) is 294 Å². The maximum absolute atomic E-state index is 6.01. The molecule has 0 aliphatic heterocycles. The minimum absolute atomic E-state index is 0. The second-order valence-corrected chi connectivity index (χ2v) is 3.67. The number of aromatic nitrogens is 2. The Morgan fingerprint density at radius 3 is 1.04 bits per heavy atom. The van der Waals surface area contributed by atoms with Crippen molar-refractivity contribution in [1.29, 1.82) is 0 Å². The van der Waals surface area contributed by atoms with E-state index in [1.807, 2.05) is 47.8 Å². The molecular formula is C14H12N2Y9-4. The Morgan fingerprint density at radius 1 is 0.640 bits per heavy atom. The first-order valence-electron chi connectivity index (χ1n) is 4.93. The summed E-state index contributed by atoms with van der Waals surface area (Å²) in [6.45, 7) is 12.0. The second-order valence-electron chi connectivity index (χ2n) is 3.67. The van der Waals surface area contributed by atoms with E-state index in [0.717, 1.165) is 11.4 Å². The molecule has 2 aromatic heterocycles. The molecule has 9 radical (unpaired) electrons. The Morgan fingerprint density at radius 2 is 0.880 bits per heavy atom. The van der Waals surface area contributed by atoms with Crippen molar-refractivity contribution in [3.8, 4) is 0 Å². The van der Waals surface area contributed by atoms with Crippen molar-refractivity contribution in [3.05, 3.63) is 61.2 Å². The third-order valence-corrected chi connectivity index (χ3v) is 2.54. The molecule has 0 amide bonds. The van der Waals surface area contributed by atoms with Crippen LogP contribution in [-0.2, 0) is 308 Å². The average Bonchev–Trinajstić information content (AvgIpc) is 2.85. The van der Waals surface area contributed by atoms with Crippen LogP contribution < -0.4 is 0 Å². The van der Waals surface area contributed by atoms with Gasteiger partial charge in [-0.3, -0.25) is 24.3 Å². The fraction of sp³-hybridized carbons (Fsp3) is 0.143. The third kappa shape index (κ3) is 18.0. The Kier molecular flexibility index (Phi) is 64.9. The molecule has 2 nitrogen and oxygen atoms in total. The Bertz CT molecular complexity index is 514. The monoisotopic (exact) mass is 1010 g/mol. The first-order chi connectivity index (χ1) is 7.61. The number of rotatable bonds is 3. The molecule has 0 spiro atoms. The van der Waals surface area contributed by atoms with Crippen LogP contribution in [0.3, 0.4) is 0 Å². The van der Waals surface area contributed by atoms with Crippen LogP contribution in [0.25, 0.3) is 11.1 Å². The molecule has 0 aromatic carbocycles. The number of hydrogen-bond acceptors (Lipinski definition) is 0. The molecule has 0 aliphatic carbocycles. The van der Waals surface area contributed by atoms with Gasteiger partial charge < -0.3 is 9.13 Å². The van der Waals surface area contributed by atoms with Gasteiger partial charge in [-0.05, 0) is 14.1 Å². The van der Waals surface area contributed by atoms with E-state index in [2.05, 4.69) is 12.1 Å². The van der Waals surface area contributed by atoms with Gasteiger partial charge in [0, 0.05) is 294 Å². The van der Waals surface area contributed by atoms with Crippen LogP contribution in [-0.4, -0.2) is 9.13 Å². The standard InChI is InChI=1S/C14H12N2.9Y/c1-11(13-7-5-9-15(13)3)12(2)14-8-6-10-16(14)4;;;;;;;;;/h1-2,5-6,9-10H,3-4H3;;;;;;;;;/q-4;;;;;;;;;. The van der Waals surface area contributed by atoms with Crippen LogP contribution in [0.1, 0.15) is 11.4 Å². The topological polar surface area (TPSA) is 9.86 Å². The van der Waals surface area contributed by atoms with Crippen molar-refractivity contribution in [3.63, 3.8) is 0 Å². The SMILES string of the molecule is [CH-]=C(C(=[CH-])c1[c-]ccn1C)c1[c-]ccn1C.[Y].[Y].[Y].[Y].[Y].[Y].[Y].[Y].[Y]. The van der Waals surface area contributed by atoms with E-state index < -0.39 is 0 Å². The van der Waals surface area contributed by atoms with Gasteiger partial charge in [0.25, 0.3) is 0 Å². The zero-order chi connectivity index (χ0) is 11.7. The van der Waals surface area contributed by atoms with Crippen molar-refractivity contribution in [2.75, 3.05) is 0 Å². The van der Waals surface area contributed by atoms with Crippen LogP contribution in [0.15, 0.2) is 24.5 Å². The Labute approximate surface area is 379 Å². The van der Waals surface area contributed by atoms with Gasteiger partial charge in [-0.2, -0.15) is 23.5 Å². The first-order valence-corrected chi connectivity index (χ1v) is 4.93. The molecule has 2 aromatic rings. The van der Waals surface area contributed by atoms with E-state index in [4.69, 9.17) is 13.2 Å². The molecular weight excluding hydrogens is 996 g/mol. The molecule has 0 bridgehead atoms. The molecule has 0 saturated carbocycles. The maximum atomic E-state index is 6.01. The van der Waals surface area contributed by atoms with Gasteiger partial charge >= 0.3 is 0 Å². The quantitative estimate of drug-likeness (QED) is 0.331. The van der Waals surface area contributed by atoms with Gasteiger partial charge in [0.05, 0.1) is 0 Å². The van der Waals surface area contributed by atoms with E-state index in [9.17, 15) is 0 Å². The van der Waals surface area contributed by atoms with Crippen LogP contribution in [0, 0.1) is 25.3 Å². The molecule has 11 heteroatoms. The molecule has 2 rings (SSSR count). The van der Waals surface area contributed by atoms with Crippen molar-refractivity contribution in [1.82, 2.24) is 9.13 Å². The van der Waals surface area contributed by atoms with Gasteiger partial charge in [0.2, 0.25) is 0 Å². The molecule has 2 heterocycles. The number of allylic oxidation sites excluding steroid dienone is 2. The molecule has 0 aliphatic rings. The summed E-state index contributed by atoms with van der Waals surface area (Å²) in [5, 5.41) is 0. The predicted octanol–water partition coefficient (Wildman–Crippen LogP) is 2.27. The first kappa shape index (κ1) is 54.0. The molecule has 0 N–H and O–H groups in total. The van der Waals surface area contributed by atoms with E-state index >= 15 is 0 Å². The third-order valence-electron chi connectivity index (χ3n) is 2.54. The minimum Gasteiger partial charge on any atom is -0.478 e. The normalized spacial score (nSPS) is 6.64. The van der Waals surface area contributed by atoms with Crippen LogP contribution in [0.5, 0.6) is 0 Å². The van der Waals surface area contributed by atoms with Crippen molar-refractivity contribution >= 4 is 11.1 Å². The second kappa shape index (κ2) is 30.0. The molecule has 0 unspecified atom stereocenters. The Hall–Kier alpha value is 7.98. The minimum atomic E-state index is 0. The van der Waals surface area contributed by atoms with E-state index in [1.165, 1.54) is 0 Å². The van der Waals surface area contributed by atoms with Gasteiger partial charge in [-0.1, -0.05) is 0 Å². The van der Waals surface area contributed by atoms with Crippen molar-refractivity contribution < 1.29 is 294 Å². The van der Waals surface area contributed by atoms with Gasteiger partial charge in [-0.25, -0.2) is 12.1 Å². The van der Waals surface area contributed by atoms with E-state index in [0.29, 0.717) is 11.1 Å². The van der Waals surface area contributed by atoms with Crippen LogP contribution in [0.4, 0.5) is 0 Å². The smallest absolute Gasteiger partial charge is 0 e. The molecule has 25 heavy (non-hydrogen) atoms. The number of nitrogens with zero attached hydrogens (tertiary/aromatic N) is 2. The molecule has 0 atom stereocenters. The molecule has 0 fully saturated rings. The summed E-state index contributed by atoms with van der Waals surface area (Å²) in [5.74, 6) is 0.